The first-order valence-electron chi connectivity index (χ1n) is 6.76. The highest BCUT2D eigenvalue weighted by atomic mass is 15.3. The number of likely N-dealkylation sites (N-methyl/N-ethyl adjacent to an activating group) is 1. The fourth-order valence-electron chi connectivity index (χ4n) is 3.18. The van der Waals surface area contributed by atoms with Crippen molar-refractivity contribution in [3.8, 4) is 0 Å². The topological polar surface area (TPSA) is 32.5 Å². The van der Waals surface area contributed by atoms with E-state index in [1.54, 1.807) is 0 Å². The number of piperazine rings is 1. The van der Waals surface area contributed by atoms with E-state index in [-0.39, 0.29) is 17.0 Å². The summed E-state index contributed by atoms with van der Waals surface area (Å²) in [5, 5.41) is 0. The lowest BCUT2D eigenvalue weighted by Gasteiger charge is -2.51. The highest BCUT2D eigenvalue weighted by Crippen LogP contribution is 2.30. The molecule has 1 aliphatic heterocycles. The van der Waals surface area contributed by atoms with Crippen LogP contribution >= 0.6 is 0 Å². The number of hydrogen-bond acceptors (Lipinski definition) is 3. The van der Waals surface area contributed by atoms with Crippen LogP contribution in [0.1, 0.15) is 41.5 Å². The molecule has 17 heavy (non-hydrogen) atoms. The Morgan fingerprint density at radius 3 is 2.06 bits per heavy atom. The molecule has 0 saturated carbocycles. The zero-order valence-corrected chi connectivity index (χ0v) is 12.7. The van der Waals surface area contributed by atoms with Crippen LogP contribution in [0, 0.1) is 5.41 Å². The fraction of sp³-hybridized carbons (Fsp3) is 1.00. The van der Waals surface area contributed by atoms with E-state index in [0.717, 1.165) is 19.6 Å². The molecule has 1 aliphatic rings. The average molecular weight is 241 g/mol. The molecule has 0 radical (unpaired) electrons. The van der Waals surface area contributed by atoms with Crippen molar-refractivity contribution in [2.45, 2.75) is 59.2 Å². The summed E-state index contributed by atoms with van der Waals surface area (Å²) in [4.78, 5) is 5.04. The summed E-state index contributed by atoms with van der Waals surface area (Å²) < 4.78 is 0. The van der Waals surface area contributed by atoms with Gasteiger partial charge < -0.3 is 5.73 Å². The Hall–Kier alpha value is -0.120. The molecule has 3 heteroatoms. The van der Waals surface area contributed by atoms with E-state index in [9.17, 15) is 0 Å². The maximum Gasteiger partial charge on any atom is 0.0294 e. The number of nitrogens with two attached hydrogens (primary N) is 1. The van der Waals surface area contributed by atoms with Crippen LogP contribution in [0.15, 0.2) is 0 Å². The van der Waals surface area contributed by atoms with E-state index in [1.165, 1.54) is 0 Å². The Labute approximate surface area is 107 Å². The monoisotopic (exact) mass is 241 g/mol. The Morgan fingerprint density at radius 2 is 1.71 bits per heavy atom. The molecule has 2 unspecified atom stereocenters. The smallest absolute Gasteiger partial charge is 0.0294 e. The van der Waals surface area contributed by atoms with Gasteiger partial charge in [-0.25, -0.2) is 0 Å². The summed E-state index contributed by atoms with van der Waals surface area (Å²) in [6.07, 6.45) is 0. The molecule has 1 fully saturated rings. The third-order valence-electron chi connectivity index (χ3n) is 4.12. The van der Waals surface area contributed by atoms with Gasteiger partial charge in [0.2, 0.25) is 0 Å². The molecule has 0 aromatic rings. The molecule has 1 saturated heterocycles. The second-order valence-electron chi connectivity index (χ2n) is 7.37. The largest absolute Gasteiger partial charge is 0.327 e. The number of nitrogens with zero attached hydrogens (tertiary/aromatic N) is 2. The van der Waals surface area contributed by atoms with Crippen LogP contribution in [-0.4, -0.2) is 54.1 Å². The number of rotatable bonds is 2. The quantitative estimate of drug-likeness (QED) is 0.800. The van der Waals surface area contributed by atoms with Crippen LogP contribution in [0.3, 0.4) is 0 Å². The van der Waals surface area contributed by atoms with Crippen molar-refractivity contribution in [2.75, 3.05) is 26.7 Å². The summed E-state index contributed by atoms with van der Waals surface area (Å²) in [6, 6.07) is 0.671. The molecule has 1 rings (SSSR count). The molecule has 102 valence electrons. The van der Waals surface area contributed by atoms with Gasteiger partial charge in [0.25, 0.3) is 0 Å². The highest BCUT2D eigenvalue weighted by Gasteiger charge is 2.39. The third-order valence-corrected chi connectivity index (χ3v) is 4.12. The van der Waals surface area contributed by atoms with Crippen LogP contribution in [0.25, 0.3) is 0 Å². The highest BCUT2D eigenvalue weighted by molar-refractivity contribution is 4.96. The summed E-state index contributed by atoms with van der Waals surface area (Å²) in [5.74, 6) is 0. The van der Waals surface area contributed by atoms with Gasteiger partial charge in [-0.3, -0.25) is 9.80 Å². The predicted molar refractivity (Wildman–Crippen MR) is 75.2 cm³/mol. The normalized spacial score (nSPS) is 26.8. The molecule has 0 amide bonds. The van der Waals surface area contributed by atoms with Crippen molar-refractivity contribution in [3.63, 3.8) is 0 Å². The van der Waals surface area contributed by atoms with E-state index >= 15 is 0 Å². The van der Waals surface area contributed by atoms with Crippen molar-refractivity contribution in [1.29, 1.82) is 0 Å². The Morgan fingerprint density at radius 1 is 1.18 bits per heavy atom. The number of hydrogen-bond donors (Lipinski definition) is 1. The first kappa shape index (κ1) is 14.9. The molecule has 0 aliphatic carbocycles. The summed E-state index contributed by atoms with van der Waals surface area (Å²) in [6.45, 7) is 17.0. The van der Waals surface area contributed by atoms with Gasteiger partial charge in [0, 0.05) is 37.3 Å². The molecule has 2 N–H and O–H groups in total. The van der Waals surface area contributed by atoms with Crippen LogP contribution in [0.4, 0.5) is 0 Å². The molecule has 1 heterocycles. The second-order valence-corrected chi connectivity index (χ2v) is 7.37. The van der Waals surface area contributed by atoms with Gasteiger partial charge in [-0.1, -0.05) is 20.8 Å². The first-order chi connectivity index (χ1) is 7.55. The van der Waals surface area contributed by atoms with Gasteiger partial charge in [-0.2, -0.15) is 0 Å². The van der Waals surface area contributed by atoms with E-state index in [2.05, 4.69) is 58.4 Å². The predicted octanol–water partition coefficient (Wildman–Crippen LogP) is 1.77. The third kappa shape index (κ3) is 3.43. The zero-order valence-electron chi connectivity index (χ0n) is 12.7. The van der Waals surface area contributed by atoms with Gasteiger partial charge in [0.1, 0.15) is 0 Å². The van der Waals surface area contributed by atoms with Crippen LogP contribution < -0.4 is 5.73 Å². The SMILES string of the molecule is CC(N)C(N1CCN(C)C(C)(C)C1)C(C)(C)C. The molecule has 0 spiro atoms. The van der Waals surface area contributed by atoms with Gasteiger partial charge in [-0.15, -0.1) is 0 Å². The second kappa shape index (κ2) is 4.87. The van der Waals surface area contributed by atoms with Crippen molar-refractivity contribution in [2.24, 2.45) is 11.1 Å². The fourth-order valence-corrected chi connectivity index (χ4v) is 3.18. The van der Waals surface area contributed by atoms with E-state index in [4.69, 9.17) is 5.73 Å². The standard InChI is InChI=1S/C14H31N3/c1-11(15)12(13(2,3)4)17-9-8-16(7)14(5,6)10-17/h11-12H,8-10,15H2,1-7H3. The summed E-state index contributed by atoms with van der Waals surface area (Å²) in [7, 11) is 2.22. The molecule has 3 nitrogen and oxygen atoms in total. The van der Waals surface area contributed by atoms with Gasteiger partial charge in [0.15, 0.2) is 0 Å². The van der Waals surface area contributed by atoms with Gasteiger partial charge in [-0.05, 0) is 33.2 Å². The molecule has 0 aromatic heterocycles. The minimum Gasteiger partial charge on any atom is -0.327 e. The Bertz CT molecular complexity index is 253. The molecular formula is C14H31N3. The van der Waals surface area contributed by atoms with Crippen molar-refractivity contribution in [3.05, 3.63) is 0 Å². The van der Waals surface area contributed by atoms with Crippen molar-refractivity contribution < 1.29 is 0 Å². The molecule has 2 atom stereocenters. The maximum absolute atomic E-state index is 6.22. The van der Waals surface area contributed by atoms with Crippen LogP contribution in [-0.2, 0) is 0 Å². The maximum atomic E-state index is 6.22. The van der Waals surface area contributed by atoms with Gasteiger partial charge in [0.05, 0.1) is 0 Å². The van der Waals surface area contributed by atoms with Gasteiger partial charge >= 0.3 is 0 Å². The molecular weight excluding hydrogens is 210 g/mol. The van der Waals surface area contributed by atoms with E-state index < -0.39 is 0 Å². The van der Waals surface area contributed by atoms with Crippen molar-refractivity contribution in [1.82, 2.24) is 9.80 Å². The lowest BCUT2D eigenvalue weighted by molar-refractivity contribution is -0.0186. The van der Waals surface area contributed by atoms with E-state index in [0.29, 0.717) is 6.04 Å². The minimum atomic E-state index is 0.217. The van der Waals surface area contributed by atoms with Crippen LogP contribution in [0.2, 0.25) is 0 Å². The zero-order chi connectivity index (χ0) is 13.4. The summed E-state index contributed by atoms with van der Waals surface area (Å²) in [5.41, 5.74) is 6.70. The minimum absolute atomic E-state index is 0.217. The first-order valence-corrected chi connectivity index (χ1v) is 6.76. The van der Waals surface area contributed by atoms with Crippen LogP contribution in [0.5, 0.6) is 0 Å². The lowest BCUT2D eigenvalue weighted by atomic mass is 9.80. The average Bonchev–Trinajstić information content (AvgIpc) is 2.07. The Balaban J connectivity index is 2.84. The van der Waals surface area contributed by atoms with Crippen molar-refractivity contribution >= 4 is 0 Å². The van der Waals surface area contributed by atoms with E-state index in [1.807, 2.05) is 0 Å². The lowest BCUT2D eigenvalue weighted by Crippen LogP contribution is -2.64. The Kier molecular flexibility index (Phi) is 4.28. The summed E-state index contributed by atoms with van der Waals surface area (Å²) >= 11 is 0. The molecule has 0 aromatic carbocycles. The molecule has 0 bridgehead atoms.